The number of aromatic nitrogens is 1. The summed E-state index contributed by atoms with van der Waals surface area (Å²) in [5, 5.41) is 0. The molecule has 0 aliphatic heterocycles. The molecule has 1 aromatic heterocycles. The normalized spacial score (nSPS) is 14.7. The minimum Gasteiger partial charge on any atom is -0.345 e. The number of halogens is 2. The van der Waals surface area contributed by atoms with E-state index in [9.17, 15) is 14.0 Å². The highest BCUT2D eigenvalue weighted by Crippen LogP contribution is 2.26. The van der Waals surface area contributed by atoms with Gasteiger partial charge in [-0.15, -0.1) is 0 Å². The van der Waals surface area contributed by atoms with E-state index in [2.05, 4.69) is 44.9 Å². The van der Waals surface area contributed by atoms with E-state index in [1.165, 1.54) is 36.2 Å². The average molecular weight is 583 g/mol. The molecule has 2 amide bonds. The third-order valence-electron chi connectivity index (χ3n) is 7.64. The summed E-state index contributed by atoms with van der Waals surface area (Å²) in [6, 6.07) is 18.0. The van der Waals surface area contributed by atoms with Crippen LogP contribution in [0.25, 0.3) is 0 Å². The van der Waals surface area contributed by atoms with Crippen molar-refractivity contribution in [2.24, 2.45) is 0 Å². The van der Waals surface area contributed by atoms with Gasteiger partial charge in [-0.2, -0.15) is 0 Å². The molecule has 1 fully saturated rings. The number of benzene rings is 2. The molecular weight excluding hydrogens is 545 g/mol. The summed E-state index contributed by atoms with van der Waals surface area (Å²) >= 11 is 3.50. The third kappa shape index (κ3) is 7.13. The summed E-state index contributed by atoms with van der Waals surface area (Å²) in [6.45, 7) is 5.21. The SMILES string of the molecule is CC[C@@H](C)N(CC(=O)N(Cc1cccn1Cc1ccc(Br)cc1)C1CCCCC1)C(=O)c1ccc(F)cc1. The first-order chi connectivity index (χ1) is 18.4. The van der Waals surface area contributed by atoms with Gasteiger partial charge in [-0.1, -0.05) is 54.2 Å². The molecule has 0 radical (unpaired) electrons. The van der Waals surface area contributed by atoms with Crippen molar-refractivity contribution in [3.63, 3.8) is 0 Å². The van der Waals surface area contributed by atoms with E-state index in [-0.39, 0.29) is 36.3 Å². The van der Waals surface area contributed by atoms with Crippen molar-refractivity contribution < 1.29 is 14.0 Å². The van der Waals surface area contributed by atoms with Crippen molar-refractivity contribution in [3.8, 4) is 0 Å². The Balaban J connectivity index is 1.56. The smallest absolute Gasteiger partial charge is 0.254 e. The van der Waals surface area contributed by atoms with Crippen molar-refractivity contribution >= 4 is 27.7 Å². The molecule has 2 aromatic carbocycles. The fourth-order valence-corrected chi connectivity index (χ4v) is 5.43. The predicted molar refractivity (Wildman–Crippen MR) is 152 cm³/mol. The maximum Gasteiger partial charge on any atom is 0.254 e. The Hall–Kier alpha value is -2.93. The standard InChI is InChI=1S/C31H37BrFN3O2/c1-3-23(2)35(31(38)25-13-17-27(33)18-14-25)22-30(37)36(28-8-5-4-6-9-28)21-29-10-7-19-34(29)20-24-11-15-26(32)16-12-24/h7,10-19,23,28H,3-6,8-9,20-22H2,1-2H3/t23-/m1/s1. The first-order valence-electron chi connectivity index (χ1n) is 13.6. The van der Waals surface area contributed by atoms with Crippen LogP contribution in [0.3, 0.4) is 0 Å². The maximum absolute atomic E-state index is 14.0. The molecule has 1 atom stereocenters. The van der Waals surface area contributed by atoms with Crippen LogP contribution in [0.15, 0.2) is 71.3 Å². The van der Waals surface area contributed by atoms with Crippen LogP contribution in [0.1, 0.15) is 74.0 Å². The summed E-state index contributed by atoms with van der Waals surface area (Å²) in [6.07, 6.45) is 8.16. The van der Waals surface area contributed by atoms with E-state index in [1.807, 2.05) is 36.9 Å². The van der Waals surface area contributed by atoms with E-state index < -0.39 is 0 Å². The van der Waals surface area contributed by atoms with Gasteiger partial charge in [-0.05, 0) is 80.3 Å². The molecule has 1 saturated carbocycles. The van der Waals surface area contributed by atoms with Gasteiger partial charge in [0.05, 0.1) is 6.54 Å². The van der Waals surface area contributed by atoms with Crippen LogP contribution < -0.4 is 0 Å². The minimum absolute atomic E-state index is 0.00906. The van der Waals surface area contributed by atoms with Gasteiger partial charge in [0.15, 0.2) is 0 Å². The monoisotopic (exact) mass is 581 g/mol. The van der Waals surface area contributed by atoms with Crippen LogP contribution in [-0.4, -0.2) is 44.8 Å². The van der Waals surface area contributed by atoms with E-state index in [0.717, 1.165) is 48.8 Å². The molecule has 0 bridgehead atoms. The van der Waals surface area contributed by atoms with Gasteiger partial charge < -0.3 is 14.4 Å². The lowest BCUT2D eigenvalue weighted by Gasteiger charge is -2.37. The van der Waals surface area contributed by atoms with Crippen molar-refractivity contribution in [2.75, 3.05) is 6.54 Å². The Morgan fingerprint density at radius 2 is 1.71 bits per heavy atom. The van der Waals surface area contributed by atoms with E-state index in [0.29, 0.717) is 12.1 Å². The number of amides is 2. The summed E-state index contributed by atoms with van der Waals surface area (Å²) in [5.41, 5.74) is 2.66. The molecule has 1 aliphatic carbocycles. The molecule has 1 aliphatic rings. The second kappa shape index (κ2) is 13.2. The fourth-order valence-electron chi connectivity index (χ4n) is 5.16. The highest BCUT2D eigenvalue weighted by molar-refractivity contribution is 9.10. The Morgan fingerprint density at radius 3 is 2.37 bits per heavy atom. The van der Waals surface area contributed by atoms with Crippen LogP contribution in [0.5, 0.6) is 0 Å². The molecular formula is C31H37BrFN3O2. The van der Waals surface area contributed by atoms with Gasteiger partial charge >= 0.3 is 0 Å². The predicted octanol–water partition coefficient (Wildman–Crippen LogP) is 7.04. The molecule has 3 aromatic rings. The van der Waals surface area contributed by atoms with Crippen LogP contribution >= 0.6 is 15.9 Å². The quantitative estimate of drug-likeness (QED) is 0.258. The molecule has 0 saturated heterocycles. The highest BCUT2D eigenvalue weighted by atomic mass is 79.9. The zero-order chi connectivity index (χ0) is 27.1. The van der Waals surface area contributed by atoms with E-state index >= 15 is 0 Å². The Morgan fingerprint density at radius 1 is 1.03 bits per heavy atom. The fraction of sp³-hybridized carbons (Fsp3) is 0.419. The zero-order valence-corrected chi connectivity index (χ0v) is 23.9. The number of hydrogen-bond donors (Lipinski definition) is 0. The van der Waals surface area contributed by atoms with Crippen LogP contribution in [0.4, 0.5) is 4.39 Å². The Bertz CT molecular complexity index is 1200. The van der Waals surface area contributed by atoms with Crippen LogP contribution in [-0.2, 0) is 17.9 Å². The van der Waals surface area contributed by atoms with Gasteiger partial charge in [-0.25, -0.2) is 4.39 Å². The number of nitrogens with zero attached hydrogens (tertiary/aromatic N) is 3. The number of hydrogen-bond acceptors (Lipinski definition) is 2. The number of carbonyl (C=O) groups is 2. The van der Waals surface area contributed by atoms with Crippen molar-refractivity contribution in [2.45, 2.75) is 77.5 Å². The van der Waals surface area contributed by atoms with Gasteiger partial charge in [0.25, 0.3) is 5.91 Å². The molecule has 4 rings (SSSR count). The lowest BCUT2D eigenvalue weighted by Crippen LogP contribution is -2.49. The molecule has 202 valence electrons. The maximum atomic E-state index is 14.0. The van der Waals surface area contributed by atoms with E-state index in [1.54, 1.807) is 4.90 Å². The zero-order valence-electron chi connectivity index (χ0n) is 22.3. The third-order valence-corrected chi connectivity index (χ3v) is 8.17. The lowest BCUT2D eigenvalue weighted by molar-refractivity contribution is -0.136. The van der Waals surface area contributed by atoms with E-state index in [4.69, 9.17) is 0 Å². The summed E-state index contributed by atoms with van der Waals surface area (Å²) in [4.78, 5) is 31.0. The summed E-state index contributed by atoms with van der Waals surface area (Å²) < 4.78 is 16.7. The topological polar surface area (TPSA) is 45.6 Å². The second-order valence-corrected chi connectivity index (χ2v) is 11.2. The van der Waals surface area contributed by atoms with Gasteiger partial charge in [0, 0.05) is 40.6 Å². The molecule has 7 heteroatoms. The molecule has 1 heterocycles. The number of rotatable bonds is 10. The van der Waals surface area contributed by atoms with Crippen molar-refractivity contribution in [1.29, 1.82) is 0 Å². The molecule has 38 heavy (non-hydrogen) atoms. The average Bonchev–Trinajstić information content (AvgIpc) is 3.38. The highest BCUT2D eigenvalue weighted by Gasteiger charge is 2.30. The largest absolute Gasteiger partial charge is 0.345 e. The van der Waals surface area contributed by atoms with Crippen molar-refractivity contribution in [1.82, 2.24) is 14.4 Å². The lowest BCUT2D eigenvalue weighted by atomic mass is 9.94. The minimum atomic E-state index is -0.387. The molecule has 0 spiro atoms. The summed E-state index contributed by atoms with van der Waals surface area (Å²) in [5.74, 6) is -0.665. The van der Waals surface area contributed by atoms with Gasteiger partial charge in [0.2, 0.25) is 5.91 Å². The van der Waals surface area contributed by atoms with Crippen LogP contribution in [0, 0.1) is 5.82 Å². The molecule has 0 N–H and O–H groups in total. The van der Waals surface area contributed by atoms with Gasteiger partial charge in [-0.3, -0.25) is 9.59 Å². The van der Waals surface area contributed by atoms with Crippen molar-refractivity contribution in [3.05, 3.63) is 94.0 Å². The second-order valence-electron chi connectivity index (χ2n) is 10.3. The summed E-state index contributed by atoms with van der Waals surface area (Å²) in [7, 11) is 0. The molecule has 5 nitrogen and oxygen atoms in total. The Kier molecular flexibility index (Phi) is 9.78. The first-order valence-corrected chi connectivity index (χ1v) is 14.4. The Labute approximate surface area is 233 Å². The molecule has 0 unspecified atom stereocenters. The van der Waals surface area contributed by atoms with Gasteiger partial charge in [0.1, 0.15) is 12.4 Å². The number of carbonyl (C=O) groups excluding carboxylic acids is 2. The first kappa shape index (κ1) is 28.1. The van der Waals surface area contributed by atoms with Crippen LogP contribution in [0.2, 0.25) is 0 Å².